The normalized spacial score (nSPS) is 32.6. The van der Waals surface area contributed by atoms with Crippen molar-refractivity contribution in [1.29, 1.82) is 0 Å². The molecule has 3 saturated heterocycles. The van der Waals surface area contributed by atoms with Crippen LogP contribution in [0.5, 0.6) is 0 Å². The average molecular weight is 403 g/mol. The molecule has 2 aromatic heterocycles. The summed E-state index contributed by atoms with van der Waals surface area (Å²) >= 11 is 0. The zero-order chi connectivity index (χ0) is 20.0. The summed E-state index contributed by atoms with van der Waals surface area (Å²) in [6.07, 6.45) is 3.07. The van der Waals surface area contributed by atoms with Gasteiger partial charge >= 0.3 is 0 Å². The average Bonchev–Trinajstić information content (AvgIpc) is 3.36. The summed E-state index contributed by atoms with van der Waals surface area (Å²) in [7, 11) is 3.77. The van der Waals surface area contributed by atoms with Gasteiger partial charge in [-0.2, -0.15) is 0 Å². The third kappa shape index (κ3) is 3.19. The predicted octanol–water partition coefficient (Wildman–Crippen LogP) is -0.593. The SMILES string of the molecule is CN(C)/C=N/c1ncnc2c1ncn2[C@@H]1O[C@@]2(CN3CCOCC3)CO[C@H]1C2O. The van der Waals surface area contributed by atoms with Gasteiger partial charge in [-0.05, 0) is 0 Å². The van der Waals surface area contributed by atoms with Gasteiger partial charge in [0.05, 0.1) is 32.5 Å². The summed E-state index contributed by atoms with van der Waals surface area (Å²) in [5.74, 6) is 0.482. The van der Waals surface area contributed by atoms with E-state index in [0.29, 0.717) is 43.3 Å². The quantitative estimate of drug-likeness (QED) is 0.517. The first kappa shape index (κ1) is 18.8. The topological polar surface area (TPSA) is 110 Å². The first-order valence-electron chi connectivity index (χ1n) is 9.73. The molecule has 2 bridgehead atoms. The highest BCUT2D eigenvalue weighted by atomic mass is 16.6. The number of imidazole rings is 1. The molecule has 1 unspecified atom stereocenters. The molecule has 0 saturated carbocycles. The third-order valence-electron chi connectivity index (χ3n) is 5.63. The van der Waals surface area contributed by atoms with Crippen LogP contribution in [0.2, 0.25) is 0 Å². The van der Waals surface area contributed by atoms with E-state index in [-0.39, 0.29) is 0 Å². The second-order valence-corrected chi connectivity index (χ2v) is 7.91. The molecule has 156 valence electrons. The molecular formula is C18H25N7O4. The van der Waals surface area contributed by atoms with Crippen molar-refractivity contribution in [3.05, 3.63) is 12.7 Å². The number of aliphatic hydroxyl groups is 1. The number of aliphatic hydroxyl groups excluding tert-OH is 1. The lowest BCUT2D eigenvalue weighted by atomic mass is 9.98. The number of aliphatic imine (C=N–C) groups is 1. The molecule has 5 heterocycles. The second kappa shape index (κ2) is 7.26. The van der Waals surface area contributed by atoms with Gasteiger partial charge in [0.2, 0.25) is 0 Å². The minimum absolute atomic E-state index is 0.368. The Bertz CT molecular complexity index is 913. The minimum atomic E-state index is -0.762. The number of nitrogens with zero attached hydrogens (tertiary/aromatic N) is 7. The molecule has 3 fully saturated rings. The maximum absolute atomic E-state index is 10.9. The van der Waals surface area contributed by atoms with Gasteiger partial charge in [-0.1, -0.05) is 0 Å². The van der Waals surface area contributed by atoms with Gasteiger partial charge in [-0.3, -0.25) is 9.47 Å². The Morgan fingerprint density at radius 2 is 2.14 bits per heavy atom. The Hall–Kier alpha value is -2.18. The van der Waals surface area contributed by atoms with Crippen LogP contribution >= 0.6 is 0 Å². The van der Waals surface area contributed by atoms with E-state index in [2.05, 4.69) is 24.8 Å². The highest BCUT2D eigenvalue weighted by molar-refractivity contribution is 5.82. The van der Waals surface area contributed by atoms with E-state index in [0.717, 1.165) is 13.1 Å². The largest absolute Gasteiger partial charge is 0.387 e. The standard InChI is InChI=1S/C18H25N7O4/c1-23(2)10-22-15-12-16(20-9-19-15)25(11-21-12)17-13-14(26)18(29-17,8-28-13)7-24-3-5-27-6-4-24/h9-11,13-14,17,26H,3-8H2,1-2H3/b22-10+/t13-,14?,17+,18-/m0/s1. The van der Waals surface area contributed by atoms with Crippen LogP contribution in [0.25, 0.3) is 11.2 Å². The molecule has 29 heavy (non-hydrogen) atoms. The van der Waals surface area contributed by atoms with Crippen molar-refractivity contribution in [2.24, 2.45) is 4.99 Å². The first-order valence-corrected chi connectivity index (χ1v) is 9.73. The summed E-state index contributed by atoms with van der Waals surface area (Å²) in [5.41, 5.74) is 0.414. The van der Waals surface area contributed by atoms with Crippen molar-refractivity contribution in [2.45, 2.75) is 24.0 Å². The molecule has 0 aliphatic carbocycles. The van der Waals surface area contributed by atoms with Crippen LogP contribution in [0.1, 0.15) is 6.23 Å². The van der Waals surface area contributed by atoms with Gasteiger partial charge < -0.3 is 24.2 Å². The van der Waals surface area contributed by atoms with Crippen molar-refractivity contribution in [1.82, 2.24) is 29.3 Å². The number of hydrogen-bond acceptors (Lipinski definition) is 9. The van der Waals surface area contributed by atoms with E-state index in [4.69, 9.17) is 14.2 Å². The smallest absolute Gasteiger partial charge is 0.184 e. The molecule has 0 radical (unpaired) electrons. The van der Waals surface area contributed by atoms with Gasteiger partial charge in [0.25, 0.3) is 0 Å². The fourth-order valence-corrected chi connectivity index (χ4v) is 4.18. The van der Waals surface area contributed by atoms with Crippen LogP contribution in [-0.4, -0.2) is 112 Å². The summed E-state index contributed by atoms with van der Waals surface area (Å²) in [6, 6.07) is 0. The number of hydrogen-bond donors (Lipinski definition) is 1. The summed E-state index contributed by atoms with van der Waals surface area (Å²) in [6.45, 7) is 4.00. The zero-order valence-corrected chi connectivity index (χ0v) is 16.5. The molecule has 4 atom stereocenters. The van der Waals surface area contributed by atoms with E-state index in [1.54, 1.807) is 17.2 Å². The molecule has 3 aliphatic heterocycles. The van der Waals surface area contributed by atoms with Crippen LogP contribution in [0.3, 0.4) is 0 Å². The van der Waals surface area contributed by atoms with Crippen LogP contribution < -0.4 is 0 Å². The Labute approximate surface area is 167 Å². The van der Waals surface area contributed by atoms with Crippen LogP contribution in [0.15, 0.2) is 17.6 Å². The molecule has 0 spiro atoms. The van der Waals surface area contributed by atoms with Crippen LogP contribution in [-0.2, 0) is 14.2 Å². The van der Waals surface area contributed by atoms with Crippen LogP contribution in [0.4, 0.5) is 5.82 Å². The van der Waals surface area contributed by atoms with Crippen LogP contribution in [0, 0.1) is 0 Å². The van der Waals surface area contributed by atoms with Gasteiger partial charge in [0.1, 0.15) is 24.1 Å². The lowest BCUT2D eigenvalue weighted by Gasteiger charge is -2.37. The summed E-state index contributed by atoms with van der Waals surface area (Å²) < 4.78 is 19.6. The highest BCUT2D eigenvalue weighted by Gasteiger charge is 2.62. The maximum atomic E-state index is 10.9. The Balaban J connectivity index is 1.43. The molecule has 1 N–H and O–H groups in total. The Morgan fingerprint density at radius 1 is 1.31 bits per heavy atom. The predicted molar refractivity (Wildman–Crippen MR) is 103 cm³/mol. The van der Waals surface area contributed by atoms with Gasteiger partial charge in [0, 0.05) is 33.7 Å². The Morgan fingerprint density at radius 3 is 2.93 bits per heavy atom. The van der Waals surface area contributed by atoms with Crippen molar-refractivity contribution in [2.75, 3.05) is 53.6 Å². The minimum Gasteiger partial charge on any atom is -0.387 e. The van der Waals surface area contributed by atoms with Gasteiger partial charge in [0.15, 0.2) is 23.2 Å². The number of morpholine rings is 1. The van der Waals surface area contributed by atoms with Crippen molar-refractivity contribution < 1.29 is 19.3 Å². The fourth-order valence-electron chi connectivity index (χ4n) is 4.18. The van der Waals surface area contributed by atoms with Crippen molar-refractivity contribution in [3.63, 3.8) is 0 Å². The molecule has 5 rings (SSSR count). The molecular weight excluding hydrogens is 378 g/mol. The van der Waals surface area contributed by atoms with Crippen molar-refractivity contribution in [3.8, 4) is 0 Å². The number of rotatable bonds is 5. The van der Waals surface area contributed by atoms with Gasteiger partial charge in [-0.15, -0.1) is 0 Å². The lowest BCUT2D eigenvalue weighted by Crippen LogP contribution is -2.53. The van der Waals surface area contributed by atoms with E-state index in [9.17, 15) is 5.11 Å². The van der Waals surface area contributed by atoms with Gasteiger partial charge in [-0.25, -0.2) is 19.9 Å². The summed E-state index contributed by atoms with van der Waals surface area (Å²) in [4.78, 5) is 21.5. The first-order chi connectivity index (χ1) is 14.1. The third-order valence-corrected chi connectivity index (χ3v) is 5.63. The number of ether oxygens (including phenoxy) is 3. The number of fused-ring (bicyclic) bond motifs is 3. The Kier molecular flexibility index (Phi) is 4.71. The lowest BCUT2D eigenvalue weighted by molar-refractivity contribution is -0.181. The molecule has 11 nitrogen and oxygen atoms in total. The van der Waals surface area contributed by atoms with E-state index < -0.39 is 24.0 Å². The molecule has 2 aromatic rings. The van der Waals surface area contributed by atoms with Crippen molar-refractivity contribution >= 4 is 23.3 Å². The second-order valence-electron chi connectivity index (χ2n) is 7.91. The number of aromatic nitrogens is 4. The van der Waals surface area contributed by atoms with E-state index in [1.807, 2.05) is 19.0 Å². The molecule has 0 amide bonds. The van der Waals surface area contributed by atoms with E-state index >= 15 is 0 Å². The highest BCUT2D eigenvalue weighted by Crippen LogP contribution is 2.46. The molecule has 3 aliphatic rings. The zero-order valence-electron chi connectivity index (χ0n) is 16.5. The molecule has 11 heteroatoms. The monoisotopic (exact) mass is 403 g/mol. The van der Waals surface area contributed by atoms with E-state index in [1.165, 1.54) is 6.33 Å². The fraction of sp³-hybridized carbons (Fsp3) is 0.667. The maximum Gasteiger partial charge on any atom is 0.184 e. The molecule has 0 aromatic carbocycles. The summed E-state index contributed by atoms with van der Waals surface area (Å²) in [5, 5.41) is 10.9.